The molecule has 0 spiro atoms. The van der Waals surface area contributed by atoms with E-state index in [-0.39, 0.29) is 5.97 Å². The maximum Gasteiger partial charge on any atom is 0.338 e. The van der Waals surface area contributed by atoms with Crippen molar-refractivity contribution in [3.05, 3.63) is 29.3 Å². The Hall–Kier alpha value is -1.51. The Kier molecular flexibility index (Phi) is 4.16. The summed E-state index contributed by atoms with van der Waals surface area (Å²) in [5, 5.41) is 0. The Morgan fingerprint density at radius 2 is 2.13 bits per heavy atom. The van der Waals surface area contributed by atoms with Gasteiger partial charge in [0.25, 0.3) is 0 Å². The second-order valence-electron chi connectivity index (χ2n) is 3.32. The van der Waals surface area contributed by atoms with Gasteiger partial charge in [0.1, 0.15) is 5.75 Å². The summed E-state index contributed by atoms with van der Waals surface area (Å²) in [5.41, 5.74) is 1.54. The normalized spacial score (nSPS) is 9.80. The summed E-state index contributed by atoms with van der Waals surface area (Å²) in [7, 11) is 1.59. The predicted octanol–water partition coefficient (Wildman–Crippen LogP) is 2.57. The van der Waals surface area contributed by atoms with E-state index in [4.69, 9.17) is 9.47 Å². The van der Waals surface area contributed by atoms with Gasteiger partial charge in [-0.15, -0.1) is 0 Å². The zero-order chi connectivity index (χ0) is 11.3. The van der Waals surface area contributed by atoms with Crippen LogP contribution < -0.4 is 4.74 Å². The average molecular weight is 208 g/mol. The highest BCUT2D eigenvalue weighted by atomic mass is 16.5. The van der Waals surface area contributed by atoms with Crippen LogP contribution >= 0.6 is 0 Å². The van der Waals surface area contributed by atoms with Crippen LogP contribution in [0.2, 0.25) is 0 Å². The summed E-state index contributed by atoms with van der Waals surface area (Å²) in [4.78, 5) is 11.5. The molecule has 3 nitrogen and oxygen atoms in total. The number of esters is 1. The highest BCUT2D eigenvalue weighted by Crippen LogP contribution is 2.19. The largest absolute Gasteiger partial charge is 0.496 e. The zero-order valence-corrected chi connectivity index (χ0v) is 9.37. The lowest BCUT2D eigenvalue weighted by Crippen LogP contribution is -2.06. The fraction of sp³-hybridized carbons (Fsp3) is 0.417. The summed E-state index contributed by atoms with van der Waals surface area (Å²) in [6, 6.07) is 5.30. The van der Waals surface area contributed by atoms with Crippen molar-refractivity contribution >= 4 is 5.97 Å². The van der Waals surface area contributed by atoms with Gasteiger partial charge in [0.05, 0.1) is 19.3 Å². The average Bonchev–Trinajstić information content (AvgIpc) is 2.26. The minimum absolute atomic E-state index is 0.296. The third-order valence-electron chi connectivity index (χ3n) is 2.08. The summed E-state index contributed by atoms with van der Waals surface area (Å²) < 4.78 is 10.2. The van der Waals surface area contributed by atoms with Gasteiger partial charge >= 0.3 is 5.97 Å². The minimum Gasteiger partial charge on any atom is -0.496 e. The van der Waals surface area contributed by atoms with Gasteiger partial charge in [-0.1, -0.05) is 13.0 Å². The van der Waals surface area contributed by atoms with Crippen LogP contribution in [0.3, 0.4) is 0 Å². The molecule has 0 fully saturated rings. The van der Waals surface area contributed by atoms with Crippen molar-refractivity contribution in [3.63, 3.8) is 0 Å². The summed E-state index contributed by atoms with van der Waals surface area (Å²) in [6.45, 7) is 4.35. The van der Waals surface area contributed by atoms with Gasteiger partial charge in [0.15, 0.2) is 0 Å². The number of hydrogen-bond donors (Lipinski definition) is 0. The molecule has 0 saturated heterocycles. The fourth-order valence-electron chi connectivity index (χ4n) is 1.23. The molecule has 1 aromatic rings. The molecule has 1 rings (SSSR count). The topological polar surface area (TPSA) is 35.5 Å². The molecule has 0 aromatic heterocycles. The quantitative estimate of drug-likeness (QED) is 0.713. The summed E-state index contributed by atoms with van der Waals surface area (Å²) in [5.74, 6) is 0.413. The van der Waals surface area contributed by atoms with E-state index in [0.29, 0.717) is 17.9 Å². The molecule has 1 aromatic carbocycles. The van der Waals surface area contributed by atoms with Crippen molar-refractivity contribution in [2.24, 2.45) is 0 Å². The summed E-state index contributed by atoms with van der Waals surface area (Å²) >= 11 is 0. The van der Waals surface area contributed by atoms with E-state index < -0.39 is 0 Å². The Bertz CT molecular complexity index is 345. The molecular weight excluding hydrogens is 192 g/mol. The molecular formula is C12H16O3. The van der Waals surface area contributed by atoms with Crippen molar-refractivity contribution in [1.82, 2.24) is 0 Å². The second-order valence-corrected chi connectivity index (χ2v) is 3.32. The van der Waals surface area contributed by atoms with Crippen LogP contribution in [0.5, 0.6) is 5.75 Å². The van der Waals surface area contributed by atoms with Gasteiger partial charge in [-0.2, -0.15) is 0 Å². The Morgan fingerprint density at radius 1 is 1.40 bits per heavy atom. The van der Waals surface area contributed by atoms with E-state index in [1.54, 1.807) is 19.2 Å². The third kappa shape index (κ3) is 2.98. The SMILES string of the molecule is CCCOC(=O)c1ccc(C)c(OC)c1. The molecule has 0 unspecified atom stereocenters. The van der Waals surface area contributed by atoms with Crippen molar-refractivity contribution in [3.8, 4) is 5.75 Å². The van der Waals surface area contributed by atoms with Crippen LogP contribution in [-0.4, -0.2) is 19.7 Å². The Balaban J connectivity index is 2.81. The van der Waals surface area contributed by atoms with E-state index in [2.05, 4.69) is 0 Å². The number of methoxy groups -OCH3 is 1. The molecule has 0 bridgehead atoms. The number of carbonyl (C=O) groups is 1. The second kappa shape index (κ2) is 5.39. The number of rotatable bonds is 4. The molecule has 0 aliphatic heterocycles. The lowest BCUT2D eigenvalue weighted by molar-refractivity contribution is 0.0504. The van der Waals surface area contributed by atoms with Crippen molar-refractivity contribution < 1.29 is 14.3 Å². The molecule has 0 atom stereocenters. The van der Waals surface area contributed by atoms with Crippen LogP contribution in [0, 0.1) is 6.92 Å². The number of ether oxygens (including phenoxy) is 2. The van der Waals surface area contributed by atoms with Crippen LogP contribution in [0.1, 0.15) is 29.3 Å². The zero-order valence-electron chi connectivity index (χ0n) is 9.37. The molecule has 82 valence electrons. The molecule has 0 radical (unpaired) electrons. The van der Waals surface area contributed by atoms with Gasteiger partial charge in [-0.25, -0.2) is 4.79 Å². The first kappa shape index (κ1) is 11.6. The molecule has 15 heavy (non-hydrogen) atoms. The monoisotopic (exact) mass is 208 g/mol. The van der Waals surface area contributed by atoms with Crippen LogP contribution in [-0.2, 0) is 4.74 Å². The first-order valence-electron chi connectivity index (χ1n) is 5.00. The van der Waals surface area contributed by atoms with E-state index in [1.807, 2.05) is 19.9 Å². The molecule has 0 aliphatic carbocycles. The highest BCUT2D eigenvalue weighted by molar-refractivity contribution is 5.90. The fourth-order valence-corrected chi connectivity index (χ4v) is 1.23. The van der Waals surface area contributed by atoms with Crippen molar-refractivity contribution in [1.29, 1.82) is 0 Å². The van der Waals surface area contributed by atoms with Crippen LogP contribution in [0.25, 0.3) is 0 Å². The minimum atomic E-state index is -0.296. The molecule has 3 heteroatoms. The maximum absolute atomic E-state index is 11.5. The van der Waals surface area contributed by atoms with Gasteiger partial charge in [-0.05, 0) is 31.0 Å². The molecule has 0 heterocycles. The Labute approximate surface area is 90.0 Å². The van der Waals surface area contributed by atoms with Crippen molar-refractivity contribution in [2.75, 3.05) is 13.7 Å². The smallest absolute Gasteiger partial charge is 0.338 e. The maximum atomic E-state index is 11.5. The third-order valence-corrected chi connectivity index (χ3v) is 2.08. The molecule has 0 N–H and O–H groups in total. The van der Waals surface area contributed by atoms with Crippen LogP contribution in [0.4, 0.5) is 0 Å². The molecule has 0 amide bonds. The van der Waals surface area contributed by atoms with Gasteiger partial charge in [-0.3, -0.25) is 0 Å². The number of hydrogen-bond acceptors (Lipinski definition) is 3. The lowest BCUT2D eigenvalue weighted by Gasteiger charge is -2.07. The lowest BCUT2D eigenvalue weighted by atomic mass is 10.1. The van der Waals surface area contributed by atoms with E-state index in [9.17, 15) is 4.79 Å². The number of carbonyl (C=O) groups excluding carboxylic acids is 1. The standard InChI is InChI=1S/C12H16O3/c1-4-7-15-12(13)10-6-5-9(2)11(8-10)14-3/h5-6,8H,4,7H2,1-3H3. The molecule has 0 saturated carbocycles. The summed E-state index contributed by atoms with van der Waals surface area (Å²) in [6.07, 6.45) is 0.828. The van der Waals surface area contributed by atoms with Crippen molar-refractivity contribution in [2.45, 2.75) is 20.3 Å². The molecule has 0 aliphatic rings. The van der Waals surface area contributed by atoms with Crippen LogP contribution in [0.15, 0.2) is 18.2 Å². The number of benzene rings is 1. The van der Waals surface area contributed by atoms with Gasteiger partial charge in [0, 0.05) is 0 Å². The van der Waals surface area contributed by atoms with Gasteiger partial charge < -0.3 is 9.47 Å². The van der Waals surface area contributed by atoms with E-state index in [0.717, 1.165) is 12.0 Å². The number of aryl methyl sites for hydroxylation is 1. The first-order chi connectivity index (χ1) is 7.19. The Morgan fingerprint density at radius 3 is 2.73 bits per heavy atom. The van der Waals surface area contributed by atoms with E-state index in [1.165, 1.54) is 0 Å². The predicted molar refractivity (Wildman–Crippen MR) is 58.3 cm³/mol. The first-order valence-corrected chi connectivity index (χ1v) is 5.00. The van der Waals surface area contributed by atoms with Gasteiger partial charge in [0.2, 0.25) is 0 Å². The van der Waals surface area contributed by atoms with E-state index >= 15 is 0 Å². The highest BCUT2D eigenvalue weighted by Gasteiger charge is 2.08.